The van der Waals surface area contributed by atoms with Crippen LogP contribution in [0.1, 0.15) is 34.6 Å². The Morgan fingerprint density at radius 3 is 1.67 bits per heavy atom. The van der Waals surface area contributed by atoms with Gasteiger partial charge in [0.05, 0.1) is 26.4 Å². The summed E-state index contributed by atoms with van der Waals surface area (Å²) in [6.45, 7) is 17.1. The van der Waals surface area contributed by atoms with E-state index in [4.69, 9.17) is 29.4 Å². The molecule has 36 heavy (non-hydrogen) atoms. The van der Waals surface area contributed by atoms with Crippen LogP contribution in [0.2, 0.25) is 0 Å². The fraction of sp³-hybridized carbons (Fsp3) is 0.870. The van der Waals surface area contributed by atoms with Crippen LogP contribution in [0.4, 0.5) is 4.79 Å². The molecule has 2 atom stereocenters. The van der Waals surface area contributed by atoms with Gasteiger partial charge in [0.2, 0.25) is 0 Å². The average molecular weight is 541 g/mol. The predicted octanol–water partition coefficient (Wildman–Crippen LogP) is 0.406. The summed E-state index contributed by atoms with van der Waals surface area (Å²) < 4.78 is 25.6. The first-order chi connectivity index (χ1) is 16.5. The maximum atomic E-state index is 11.8. The Kier molecular flexibility index (Phi) is 17.7. The number of morpholine rings is 2. The molecule has 0 aromatic carbocycles. The molecule has 0 aromatic heterocycles. The van der Waals surface area contributed by atoms with Gasteiger partial charge < -0.3 is 34.7 Å². The molecule has 2 saturated heterocycles. The first-order valence-electron chi connectivity index (χ1n) is 12.2. The Balaban J connectivity index is 0.000000713. The van der Waals surface area contributed by atoms with Crippen molar-refractivity contribution in [1.82, 2.24) is 15.1 Å². The summed E-state index contributed by atoms with van der Waals surface area (Å²) >= 11 is 0. The number of amides is 1. The zero-order valence-electron chi connectivity index (χ0n) is 22.3. The third-order valence-electron chi connectivity index (χ3n) is 4.97. The van der Waals surface area contributed by atoms with Gasteiger partial charge in [-0.2, -0.15) is 0 Å². The largest absolute Gasteiger partial charge is 0.463 e. The van der Waals surface area contributed by atoms with Gasteiger partial charge in [-0.1, -0.05) is 0 Å². The van der Waals surface area contributed by atoms with E-state index in [1.54, 1.807) is 34.6 Å². The van der Waals surface area contributed by atoms with Crippen LogP contribution in [0.25, 0.3) is 0 Å². The summed E-state index contributed by atoms with van der Waals surface area (Å²) in [6.07, 6.45) is -0.625. The van der Waals surface area contributed by atoms with E-state index in [9.17, 15) is 14.4 Å². The van der Waals surface area contributed by atoms with Crippen LogP contribution in [-0.4, -0.2) is 124 Å². The van der Waals surface area contributed by atoms with Gasteiger partial charge in [-0.3, -0.25) is 14.6 Å². The first-order valence-corrected chi connectivity index (χ1v) is 12.2. The Morgan fingerprint density at radius 2 is 1.28 bits per heavy atom. The monoisotopic (exact) mass is 540 g/mol. The number of esters is 2. The van der Waals surface area contributed by atoms with Gasteiger partial charge in [0.15, 0.2) is 0 Å². The maximum absolute atomic E-state index is 11.8. The highest BCUT2D eigenvalue weighted by molar-refractivity contribution is 5.85. The predicted molar refractivity (Wildman–Crippen MR) is 136 cm³/mol. The number of rotatable bonds is 9. The van der Waals surface area contributed by atoms with Gasteiger partial charge in [0.25, 0.3) is 0 Å². The molecular weight excluding hydrogens is 496 g/mol. The molecule has 2 heterocycles. The third kappa shape index (κ3) is 16.9. The normalized spacial score (nSPS) is 18.4. The second-order valence-electron chi connectivity index (χ2n) is 9.40. The fourth-order valence-electron chi connectivity index (χ4n) is 3.00. The lowest BCUT2D eigenvalue weighted by molar-refractivity contribution is -0.146. The molecule has 0 saturated carbocycles. The van der Waals surface area contributed by atoms with Crippen LogP contribution in [-0.2, 0) is 33.3 Å². The molecule has 0 aliphatic carbocycles. The standard InChI is InChI=1S/C14H26N2O5.C9H18N2O3.ClH/c1-11(15-13(18)21-14(2,3)4)12(17)20-10-7-16-5-8-19-9-6-16;1-8(10)9(12)14-7-4-11-2-5-13-6-3-11;/h11H,5-10H2,1-4H3,(H,15,18);8H,2-7,10H2,1H3;1H/t11-;8-;/m00./s1. The molecule has 12 nitrogen and oxygen atoms in total. The number of carbonyl (C=O) groups excluding carboxylic acids is 3. The highest BCUT2D eigenvalue weighted by Crippen LogP contribution is 2.07. The number of nitrogens with two attached hydrogens (primary N) is 1. The number of nitrogens with zero attached hydrogens (tertiary/aromatic N) is 2. The van der Waals surface area contributed by atoms with E-state index >= 15 is 0 Å². The molecule has 0 unspecified atom stereocenters. The Morgan fingerprint density at radius 1 is 0.861 bits per heavy atom. The molecule has 0 radical (unpaired) electrons. The van der Waals surface area contributed by atoms with Gasteiger partial charge in [0, 0.05) is 39.3 Å². The minimum atomic E-state index is -0.732. The van der Waals surface area contributed by atoms with Crippen molar-refractivity contribution >= 4 is 30.4 Å². The first kappa shape index (κ1) is 34.3. The van der Waals surface area contributed by atoms with E-state index in [1.807, 2.05) is 0 Å². The van der Waals surface area contributed by atoms with Crippen LogP contribution in [0, 0.1) is 0 Å². The molecule has 0 aromatic rings. The fourth-order valence-corrected chi connectivity index (χ4v) is 3.00. The van der Waals surface area contributed by atoms with Gasteiger partial charge in [0.1, 0.15) is 30.9 Å². The van der Waals surface area contributed by atoms with E-state index < -0.39 is 29.7 Å². The highest BCUT2D eigenvalue weighted by Gasteiger charge is 2.22. The zero-order valence-corrected chi connectivity index (χ0v) is 23.1. The minimum Gasteiger partial charge on any atom is -0.463 e. The van der Waals surface area contributed by atoms with E-state index in [2.05, 4.69) is 15.1 Å². The number of halogens is 1. The van der Waals surface area contributed by atoms with Crippen LogP contribution in [0.5, 0.6) is 0 Å². The van der Waals surface area contributed by atoms with Crippen molar-refractivity contribution in [3.8, 4) is 0 Å². The molecule has 3 N–H and O–H groups in total. The summed E-state index contributed by atoms with van der Waals surface area (Å²) in [5.74, 6) is -0.799. The summed E-state index contributed by atoms with van der Waals surface area (Å²) in [7, 11) is 0. The maximum Gasteiger partial charge on any atom is 0.408 e. The average Bonchev–Trinajstić information content (AvgIpc) is 2.79. The van der Waals surface area contributed by atoms with Gasteiger partial charge in [-0.05, 0) is 34.6 Å². The topological polar surface area (TPSA) is 142 Å². The van der Waals surface area contributed by atoms with Crippen molar-refractivity contribution in [3.05, 3.63) is 0 Å². The summed E-state index contributed by atoms with van der Waals surface area (Å²) in [5.41, 5.74) is 4.75. The number of nitrogens with one attached hydrogen (secondary N) is 1. The Bertz CT molecular complexity index is 636. The number of hydrogen-bond acceptors (Lipinski definition) is 11. The van der Waals surface area contributed by atoms with Crippen molar-refractivity contribution in [2.45, 2.75) is 52.3 Å². The SMILES string of the molecule is C[C@H](N)C(=O)OCCN1CCOCC1.C[C@H](NC(=O)OC(C)(C)C)C(=O)OCCN1CCOCC1.Cl. The molecule has 0 spiro atoms. The van der Waals surface area contributed by atoms with Gasteiger partial charge in [-0.15, -0.1) is 12.4 Å². The van der Waals surface area contributed by atoms with E-state index in [-0.39, 0.29) is 18.4 Å². The van der Waals surface area contributed by atoms with Crippen LogP contribution < -0.4 is 11.1 Å². The van der Waals surface area contributed by atoms with Crippen LogP contribution >= 0.6 is 12.4 Å². The molecule has 2 rings (SSSR count). The quantitative estimate of drug-likeness (QED) is 0.310. The van der Waals surface area contributed by atoms with E-state index in [0.717, 1.165) is 45.9 Å². The van der Waals surface area contributed by atoms with Crippen molar-refractivity contribution in [2.75, 3.05) is 78.9 Å². The lowest BCUT2D eigenvalue weighted by Gasteiger charge is -2.26. The van der Waals surface area contributed by atoms with Crippen molar-refractivity contribution in [2.24, 2.45) is 5.73 Å². The lowest BCUT2D eigenvalue weighted by atomic mass is 10.2. The smallest absolute Gasteiger partial charge is 0.408 e. The molecular formula is C23H45ClN4O8. The van der Waals surface area contributed by atoms with Crippen LogP contribution in [0.15, 0.2) is 0 Å². The zero-order chi connectivity index (χ0) is 26.3. The Labute approximate surface area is 220 Å². The van der Waals surface area contributed by atoms with Crippen molar-refractivity contribution < 1.29 is 38.1 Å². The van der Waals surface area contributed by atoms with Gasteiger partial charge >= 0.3 is 18.0 Å². The molecule has 1 amide bonds. The second-order valence-corrected chi connectivity index (χ2v) is 9.40. The molecule has 0 bridgehead atoms. The number of alkyl carbamates (subject to hydrolysis) is 1. The lowest BCUT2D eigenvalue weighted by Crippen LogP contribution is -2.43. The summed E-state index contributed by atoms with van der Waals surface area (Å²) in [4.78, 5) is 38.7. The highest BCUT2D eigenvalue weighted by atomic mass is 35.5. The van der Waals surface area contributed by atoms with E-state index in [0.29, 0.717) is 33.0 Å². The molecule has 2 fully saturated rings. The van der Waals surface area contributed by atoms with E-state index in [1.165, 1.54) is 0 Å². The van der Waals surface area contributed by atoms with Gasteiger partial charge in [-0.25, -0.2) is 9.59 Å². The molecule has 13 heteroatoms. The van der Waals surface area contributed by atoms with Crippen LogP contribution in [0.3, 0.4) is 0 Å². The number of ether oxygens (including phenoxy) is 5. The minimum absolute atomic E-state index is 0. The molecule has 2 aliphatic rings. The second kappa shape index (κ2) is 18.5. The molecule has 2 aliphatic heterocycles. The summed E-state index contributed by atoms with van der Waals surface area (Å²) in [6, 6.07) is -1.26. The molecule has 212 valence electrons. The van der Waals surface area contributed by atoms with Crippen molar-refractivity contribution in [1.29, 1.82) is 0 Å². The summed E-state index contributed by atoms with van der Waals surface area (Å²) in [5, 5.41) is 2.46. The third-order valence-corrected chi connectivity index (χ3v) is 4.97. The number of hydrogen-bond donors (Lipinski definition) is 2. The number of carbonyl (C=O) groups is 3. The van der Waals surface area contributed by atoms with Crippen molar-refractivity contribution in [3.63, 3.8) is 0 Å². The Hall–Kier alpha value is -1.70.